The van der Waals surface area contributed by atoms with Gasteiger partial charge in [-0.1, -0.05) is 35.9 Å². The van der Waals surface area contributed by atoms with E-state index in [1.165, 1.54) is 12.1 Å². The minimum atomic E-state index is -0.555. The Hall–Kier alpha value is -3.09. The highest BCUT2D eigenvalue weighted by molar-refractivity contribution is 14.1. The molecule has 0 aliphatic rings. The maximum absolute atomic E-state index is 14.0. The summed E-state index contributed by atoms with van der Waals surface area (Å²) in [5.74, 6) is -0.0175. The van der Waals surface area contributed by atoms with Crippen molar-refractivity contribution in [2.24, 2.45) is 0 Å². The second kappa shape index (κ2) is 11.9. The second-order valence-corrected chi connectivity index (χ2v) is 8.75. The number of halogens is 3. The van der Waals surface area contributed by atoms with Crippen molar-refractivity contribution >= 4 is 51.9 Å². The van der Waals surface area contributed by atoms with E-state index >= 15 is 0 Å². The van der Waals surface area contributed by atoms with E-state index in [2.05, 4.69) is 27.9 Å². The zero-order valence-corrected chi connectivity index (χ0v) is 21.4. The summed E-state index contributed by atoms with van der Waals surface area (Å²) in [4.78, 5) is 12.7. The quantitative estimate of drug-likeness (QED) is 0.176. The summed E-state index contributed by atoms with van der Waals surface area (Å²) < 4.78 is 26.3. The third-order valence-corrected chi connectivity index (χ3v) is 6.06. The molecule has 3 aromatic rings. The maximum atomic E-state index is 14.0. The van der Waals surface area contributed by atoms with Crippen molar-refractivity contribution in [3.63, 3.8) is 0 Å². The molecule has 0 aliphatic carbocycles. The Labute approximate surface area is 216 Å². The van der Waals surface area contributed by atoms with Gasteiger partial charge >= 0.3 is 0 Å². The van der Waals surface area contributed by atoms with Crippen LogP contribution in [0, 0.1) is 27.6 Å². The van der Waals surface area contributed by atoms with Gasteiger partial charge in [0.05, 0.1) is 10.2 Å². The number of nitrogens with one attached hydrogen (secondary N) is 1. The Bertz CT molecular complexity index is 1290. The molecule has 0 spiro atoms. The number of hydrogen-bond acceptors (Lipinski definition) is 4. The predicted octanol–water partition coefficient (Wildman–Crippen LogP) is 6.92. The lowest BCUT2D eigenvalue weighted by molar-refractivity contribution is -0.112. The first kappa shape index (κ1) is 25.5. The molecule has 0 heterocycles. The fourth-order valence-corrected chi connectivity index (χ4v) is 4.04. The topological polar surface area (TPSA) is 71.3 Å². The van der Waals surface area contributed by atoms with Crippen molar-refractivity contribution in [2.75, 3.05) is 11.9 Å². The standard InChI is InChI=1S/C26H21ClFIN2O3/c1-3-33-24-13-17(12-22(29)25(24)34-15-18-7-4-5-9-21(18)28)11-19(14-30)26(32)31-23-10-6-8-20(27)16(23)2/h4-13H,3,15H2,1-2H3,(H,31,32)/b19-11+. The van der Waals surface area contributed by atoms with Gasteiger partial charge in [0.15, 0.2) is 11.5 Å². The van der Waals surface area contributed by atoms with Crippen LogP contribution in [0.5, 0.6) is 11.5 Å². The number of anilines is 1. The molecule has 1 N–H and O–H groups in total. The third-order valence-electron chi connectivity index (χ3n) is 4.85. The number of nitrogens with zero attached hydrogens (tertiary/aromatic N) is 1. The van der Waals surface area contributed by atoms with Crippen molar-refractivity contribution in [3.8, 4) is 17.6 Å². The average Bonchev–Trinajstić information content (AvgIpc) is 2.81. The second-order valence-electron chi connectivity index (χ2n) is 7.18. The lowest BCUT2D eigenvalue weighted by Crippen LogP contribution is -2.14. The number of carbonyl (C=O) groups excluding carboxylic acids is 1. The van der Waals surface area contributed by atoms with E-state index in [1.54, 1.807) is 55.5 Å². The fourth-order valence-electron chi connectivity index (χ4n) is 3.09. The third kappa shape index (κ3) is 6.27. The molecular formula is C26H21ClFIN2O3. The van der Waals surface area contributed by atoms with Crippen molar-refractivity contribution in [3.05, 3.63) is 91.3 Å². The predicted molar refractivity (Wildman–Crippen MR) is 139 cm³/mol. The van der Waals surface area contributed by atoms with Gasteiger partial charge in [-0.25, -0.2) is 4.39 Å². The molecule has 1 amide bonds. The van der Waals surface area contributed by atoms with Crippen molar-refractivity contribution < 1.29 is 18.7 Å². The van der Waals surface area contributed by atoms with E-state index in [4.69, 9.17) is 21.1 Å². The maximum Gasteiger partial charge on any atom is 0.266 e. The SMILES string of the molecule is CCOc1cc(/C=C(\C#N)C(=O)Nc2cccc(Cl)c2C)cc(I)c1OCc1ccccc1F. The van der Waals surface area contributed by atoms with Crippen molar-refractivity contribution in [1.82, 2.24) is 0 Å². The average molecular weight is 591 g/mol. The van der Waals surface area contributed by atoms with Gasteiger partial charge in [0, 0.05) is 16.3 Å². The number of carbonyl (C=O) groups is 1. The van der Waals surface area contributed by atoms with E-state index < -0.39 is 5.91 Å². The zero-order valence-electron chi connectivity index (χ0n) is 18.5. The van der Waals surface area contributed by atoms with Gasteiger partial charge in [-0.2, -0.15) is 5.26 Å². The minimum Gasteiger partial charge on any atom is -0.490 e. The van der Waals surface area contributed by atoms with Gasteiger partial charge in [0.25, 0.3) is 5.91 Å². The summed E-state index contributed by atoms with van der Waals surface area (Å²) in [6.07, 6.45) is 1.47. The molecule has 8 heteroatoms. The highest BCUT2D eigenvalue weighted by Gasteiger charge is 2.16. The van der Waals surface area contributed by atoms with E-state index in [0.717, 1.165) is 0 Å². The van der Waals surface area contributed by atoms with E-state index in [9.17, 15) is 14.4 Å². The number of amides is 1. The minimum absolute atomic E-state index is 0.0305. The Morgan fingerprint density at radius 3 is 2.68 bits per heavy atom. The van der Waals surface area contributed by atoms with Gasteiger partial charge in [0.1, 0.15) is 24.1 Å². The number of rotatable bonds is 8. The number of ether oxygens (including phenoxy) is 2. The highest BCUT2D eigenvalue weighted by atomic mass is 127. The molecule has 5 nitrogen and oxygen atoms in total. The number of benzene rings is 3. The first-order valence-electron chi connectivity index (χ1n) is 10.3. The molecule has 3 rings (SSSR count). The van der Waals surface area contributed by atoms with Crippen molar-refractivity contribution in [1.29, 1.82) is 5.26 Å². The molecule has 0 atom stereocenters. The first-order valence-corrected chi connectivity index (χ1v) is 11.8. The molecule has 0 saturated heterocycles. The van der Waals surface area contributed by atoms with Gasteiger partial charge < -0.3 is 14.8 Å². The summed E-state index contributed by atoms with van der Waals surface area (Å²) in [5.41, 5.74) is 2.15. The van der Waals surface area contributed by atoms with Gasteiger partial charge in [0.2, 0.25) is 0 Å². The first-order chi connectivity index (χ1) is 16.3. The molecule has 0 fully saturated rings. The van der Waals surface area contributed by atoms with Crippen LogP contribution in [-0.2, 0) is 11.4 Å². The van der Waals surface area contributed by atoms with E-state index in [1.807, 2.05) is 13.0 Å². The monoisotopic (exact) mass is 590 g/mol. The lowest BCUT2D eigenvalue weighted by atomic mass is 10.1. The Morgan fingerprint density at radius 2 is 1.97 bits per heavy atom. The van der Waals surface area contributed by atoms with Crippen LogP contribution < -0.4 is 14.8 Å². The molecule has 0 saturated carbocycles. The van der Waals surface area contributed by atoms with Crippen LogP contribution >= 0.6 is 34.2 Å². The Balaban J connectivity index is 1.87. The van der Waals surface area contributed by atoms with E-state index in [-0.39, 0.29) is 18.0 Å². The molecule has 0 aliphatic heterocycles. The van der Waals surface area contributed by atoms with Gasteiger partial charge in [-0.15, -0.1) is 0 Å². The van der Waals surface area contributed by atoms with Crippen LogP contribution in [0.25, 0.3) is 6.08 Å². The molecule has 0 radical (unpaired) electrons. The molecule has 0 unspecified atom stereocenters. The number of hydrogen-bond donors (Lipinski definition) is 1. The summed E-state index contributed by atoms with van der Waals surface area (Å²) in [7, 11) is 0. The van der Waals surface area contributed by atoms with Crippen LogP contribution in [0.4, 0.5) is 10.1 Å². The van der Waals surface area contributed by atoms with Crippen molar-refractivity contribution in [2.45, 2.75) is 20.5 Å². The smallest absolute Gasteiger partial charge is 0.266 e. The highest BCUT2D eigenvalue weighted by Crippen LogP contribution is 2.36. The lowest BCUT2D eigenvalue weighted by Gasteiger charge is -2.15. The van der Waals surface area contributed by atoms with E-state index in [0.29, 0.717) is 49.1 Å². The summed E-state index contributed by atoms with van der Waals surface area (Å²) in [6.45, 7) is 4.02. The summed E-state index contributed by atoms with van der Waals surface area (Å²) >= 11 is 8.19. The van der Waals surface area contributed by atoms with Crippen LogP contribution in [0.1, 0.15) is 23.6 Å². The van der Waals surface area contributed by atoms with Crippen LogP contribution in [0.15, 0.2) is 60.2 Å². The molecule has 0 aromatic heterocycles. The van der Waals surface area contributed by atoms with Crippen LogP contribution in [-0.4, -0.2) is 12.5 Å². The number of nitriles is 1. The molecule has 0 bridgehead atoms. The fraction of sp³-hybridized carbons (Fsp3) is 0.154. The van der Waals surface area contributed by atoms with Gasteiger partial charge in [-0.3, -0.25) is 4.79 Å². The van der Waals surface area contributed by atoms with Crippen LogP contribution in [0.3, 0.4) is 0 Å². The normalized spacial score (nSPS) is 11.0. The summed E-state index contributed by atoms with van der Waals surface area (Å²) in [6, 6.07) is 16.9. The summed E-state index contributed by atoms with van der Waals surface area (Å²) in [5, 5.41) is 12.8. The van der Waals surface area contributed by atoms with Crippen LogP contribution in [0.2, 0.25) is 5.02 Å². The largest absolute Gasteiger partial charge is 0.490 e. The zero-order chi connectivity index (χ0) is 24.7. The Kier molecular flexibility index (Phi) is 8.91. The molecule has 34 heavy (non-hydrogen) atoms. The molecule has 174 valence electrons. The molecular weight excluding hydrogens is 570 g/mol. The molecule has 3 aromatic carbocycles. The Morgan fingerprint density at radius 1 is 1.21 bits per heavy atom. The van der Waals surface area contributed by atoms with Gasteiger partial charge in [-0.05, 0) is 84.0 Å².